The van der Waals surface area contributed by atoms with Gasteiger partial charge in [-0.05, 0) is 39.1 Å². The zero-order valence-corrected chi connectivity index (χ0v) is 15.2. The monoisotopic (exact) mass is 329 g/mol. The van der Waals surface area contributed by atoms with Crippen LogP contribution in [0.4, 0.5) is 0 Å². The van der Waals surface area contributed by atoms with Crippen LogP contribution >= 0.6 is 0 Å². The minimum atomic E-state index is 0. The first-order chi connectivity index (χ1) is 9.79. The van der Waals surface area contributed by atoms with Gasteiger partial charge in [0.15, 0.2) is 0 Å². The summed E-state index contributed by atoms with van der Waals surface area (Å²) in [5, 5.41) is 13.8. The Kier molecular flexibility index (Phi) is 85.4. The SMILES string of the molecule is C.CC(C)N.CC(C)N.CCCNC.CNCCNO.NN. The first kappa shape index (κ1) is 37.7. The Bertz CT molecular complexity index is 99.9. The molecule has 0 fully saturated rings. The van der Waals surface area contributed by atoms with Gasteiger partial charge in [0.25, 0.3) is 0 Å². The van der Waals surface area contributed by atoms with Gasteiger partial charge < -0.3 is 27.3 Å². The van der Waals surface area contributed by atoms with E-state index in [9.17, 15) is 0 Å². The fraction of sp³-hybridized carbons (Fsp3) is 1.00. The van der Waals surface area contributed by atoms with Crippen LogP contribution in [0, 0.1) is 0 Å². The van der Waals surface area contributed by atoms with E-state index in [1.807, 2.05) is 47.3 Å². The Hall–Kier alpha value is -0.320. The average molecular weight is 330 g/mol. The fourth-order valence-electron chi connectivity index (χ4n) is 0.431. The van der Waals surface area contributed by atoms with Crippen molar-refractivity contribution in [3.05, 3.63) is 0 Å². The second-order valence-corrected chi connectivity index (χ2v) is 4.60. The van der Waals surface area contributed by atoms with E-state index in [1.165, 1.54) is 6.42 Å². The third-order valence-corrected chi connectivity index (χ3v) is 0.987. The van der Waals surface area contributed by atoms with Gasteiger partial charge >= 0.3 is 0 Å². The number of nitrogens with one attached hydrogen (secondary N) is 3. The minimum absolute atomic E-state index is 0. The molecule has 8 heteroatoms. The van der Waals surface area contributed by atoms with Gasteiger partial charge in [-0.15, -0.1) is 0 Å². The van der Waals surface area contributed by atoms with Gasteiger partial charge in [-0.1, -0.05) is 42.0 Å². The summed E-state index contributed by atoms with van der Waals surface area (Å²) in [5.41, 5.74) is 12.2. The minimum Gasteiger partial charge on any atom is -0.328 e. The zero-order valence-electron chi connectivity index (χ0n) is 15.2. The molecule has 0 aliphatic carbocycles. The number of likely N-dealkylation sites (N-methyl/N-ethyl adjacent to an activating group) is 1. The largest absolute Gasteiger partial charge is 0.328 e. The molecule has 0 heterocycles. The van der Waals surface area contributed by atoms with Crippen LogP contribution in [0.1, 0.15) is 48.5 Å². The topological polar surface area (TPSA) is 160 Å². The molecule has 0 atom stereocenters. The lowest BCUT2D eigenvalue weighted by Crippen LogP contribution is -2.21. The fourth-order valence-corrected chi connectivity index (χ4v) is 0.431. The molecule has 0 saturated heterocycles. The van der Waals surface area contributed by atoms with Crippen molar-refractivity contribution in [3.63, 3.8) is 0 Å². The highest BCUT2D eigenvalue weighted by atomic mass is 16.5. The van der Waals surface area contributed by atoms with Crippen LogP contribution in [-0.4, -0.2) is 51.0 Å². The van der Waals surface area contributed by atoms with E-state index in [4.69, 9.17) is 16.7 Å². The first-order valence-electron chi connectivity index (χ1n) is 7.30. The van der Waals surface area contributed by atoms with E-state index >= 15 is 0 Å². The van der Waals surface area contributed by atoms with E-state index in [0.29, 0.717) is 18.6 Å². The van der Waals surface area contributed by atoms with E-state index < -0.39 is 0 Å². The lowest BCUT2D eigenvalue weighted by atomic mass is 10.4. The Labute approximate surface area is 139 Å². The van der Waals surface area contributed by atoms with Crippen LogP contribution < -0.4 is 39.3 Å². The van der Waals surface area contributed by atoms with Gasteiger partial charge in [0.1, 0.15) is 0 Å². The maximum Gasteiger partial charge on any atom is 0.0332 e. The Balaban J connectivity index is -0.0000000372. The van der Waals surface area contributed by atoms with Gasteiger partial charge in [0, 0.05) is 13.1 Å². The zero-order chi connectivity index (χ0) is 18.1. The standard InChI is InChI=1S/C4H11N.C3H10N2O.2C3H9N.CH4.H4N2/c1-3-4-5-2;1-4-2-3-5-6;2*1-3(2)4;;1-2/h5H,3-4H2,1-2H3;4-6H,2-3H2,1H3;2*3H,4H2,1-2H3;1H4;1-2H2. The summed E-state index contributed by atoms with van der Waals surface area (Å²) in [4.78, 5) is 0. The second kappa shape index (κ2) is 49.8. The maximum atomic E-state index is 7.91. The normalized spacial score (nSPS) is 7.91. The molecule has 0 aliphatic rings. The van der Waals surface area contributed by atoms with Crippen LogP contribution in [0.15, 0.2) is 0 Å². The van der Waals surface area contributed by atoms with Crippen molar-refractivity contribution >= 4 is 0 Å². The molecule has 0 unspecified atom stereocenters. The Morgan fingerprint density at radius 1 is 0.818 bits per heavy atom. The molecule has 0 amide bonds. The Morgan fingerprint density at radius 2 is 1.09 bits per heavy atom. The molecular weight excluding hydrogens is 282 g/mol. The predicted molar refractivity (Wildman–Crippen MR) is 102 cm³/mol. The van der Waals surface area contributed by atoms with Gasteiger partial charge in [-0.2, -0.15) is 0 Å². The number of hydroxylamine groups is 1. The summed E-state index contributed by atoms with van der Waals surface area (Å²) in [6, 6.07) is 0.667. The molecule has 0 spiro atoms. The molecule has 12 N–H and O–H groups in total. The third-order valence-electron chi connectivity index (χ3n) is 0.987. The van der Waals surface area contributed by atoms with Crippen LogP contribution in [0.5, 0.6) is 0 Å². The number of hydrogen-bond acceptors (Lipinski definition) is 8. The van der Waals surface area contributed by atoms with Crippen molar-refractivity contribution in [1.29, 1.82) is 0 Å². The number of hydrazine groups is 1. The summed E-state index contributed by atoms with van der Waals surface area (Å²) in [6.45, 7) is 12.5. The van der Waals surface area contributed by atoms with Gasteiger partial charge in [0.2, 0.25) is 0 Å². The second-order valence-electron chi connectivity index (χ2n) is 4.60. The highest BCUT2D eigenvalue weighted by molar-refractivity contribution is 4.35. The van der Waals surface area contributed by atoms with Gasteiger partial charge in [-0.3, -0.25) is 11.7 Å². The molecule has 0 radical (unpaired) electrons. The summed E-state index contributed by atoms with van der Waals surface area (Å²) in [6.07, 6.45) is 1.23. The molecule has 0 aromatic carbocycles. The third kappa shape index (κ3) is 314. The molecular formula is C14H47N7O. The van der Waals surface area contributed by atoms with E-state index in [1.54, 1.807) is 0 Å². The summed E-state index contributed by atoms with van der Waals surface area (Å²) < 4.78 is 0. The van der Waals surface area contributed by atoms with E-state index in [-0.39, 0.29) is 7.43 Å². The molecule has 22 heavy (non-hydrogen) atoms. The first-order valence-corrected chi connectivity index (χ1v) is 7.30. The molecule has 0 rings (SSSR count). The number of hydrogen-bond donors (Lipinski definition) is 8. The van der Waals surface area contributed by atoms with Gasteiger partial charge in [0.05, 0.1) is 0 Å². The summed E-state index contributed by atoms with van der Waals surface area (Å²) in [7, 11) is 3.79. The lowest BCUT2D eigenvalue weighted by Gasteiger charge is -1.91. The molecule has 0 aliphatic heterocycles. The Morgan fingerprint density at radius 3 is 1.14 bits per heavy atom. The quantitative estimate of drug-likeness (QED) is 0.198. The lowest BCUT2D eigenvalue weighted by molar-refractivity contribution is 0.168. The van der Waals surface area contributed by atoms with Crippen LogP contribution in [-0.2, 0) is 0 Å². The predicted octanol–water partition coefficient (Wildman–Crippen LogP) is -0.0377. The van der Waals surface area contributed by atoms with Crippen molar-refractivity contribution in [2.75, 3.05) is 33.7 Å². The van der Waals surface area contributed by atoms with Crippen molar-refractivity contribution in [2.45, 2.75) is 60.5 Å². The number of nitrogens with two attached hydrogens (primary N) is 4. The number of rotatable bonds is 5. The van der Waals surface area contributed by atoms with Crippen molar-refractivity contribution in [1.82, 2.24) is 16.1 Å². The average Bonchev–Trinajstić information content (AvgIpc) is 2.39. The van der Waals surface area contributed by atoms with Crippen LogP contribution in [0.3, 0.4) is 0 Å². The highest BCUT2D eigenvalue weighted by Gasteiger charge is 1.72. The van der Waals surface area contributed by atoms with Crippen molar-refractivity contribution in [3.8, 4) is 0 Å². The molecule has 0 saturated carbocycles. The van der Waals surface area contributed by atoms with Crippen LogP contribution in [0.25, 0.3) is 0 Å². The van der Waals surface area contributed by atoms with E-state index in [0.717, 1.165) is 13.1 Å². The molecule has 0 aromatic rings. The molecule has 8 nitrogen and oxygen atoms in total. The molecule has 0 aromatic heterocycles. The summed E-state index contributed by atoms with van der Waals surface area (Å²) in [5.74, 6) is 8.00. The highest BCUT2D eigenvalue weighted by Crippen LogP contribution is 1.62. The molecule has 0 bridgehead atoms. The smallest absolute Gasteiger partial charge is 0.0332 e. The molecule has 144 valence electrons. The van der Waals surface area contributed by atoms with Gasteiger partial charge in [-0.25, -0.2) is 5.48 Å². The maximum absolute atomic E-state index is 7.91. The van der Waals surface area contributed by atoms with Crippen molar-refractivity contribution < 1.29 is 5.21 Å². The summed E-state index contributed by atoms with van der Waals surface area (Å²) >= 11 is 0. The van der Waals surface area contributed by atoms with E-state index in [2.05, 4.69) is 29.2 Å². The van der Waals surface area contributed by atoms with Crippen molar-refractivity contribution in [2.24, 2.45) is 23.2 Å². The van der Waals surface area contributed by atoms with Crippen LogP contribution in [0.2, 0.25) is 0 Å².